The Kier molecular flexibility index (Phi) is 2.20. The van der Waals surface area contributed by atoms with Gasteiger partial charge in [-0.15, -0.1) is 0 Å². The number of hydrogen-bond donors (Lipinski definition) is 1. The number of nitrogens with two attached hydrogens (primary N) is 1. The molecule has 0 radical (unpaired) electrons. The van der Waals surface area contributed by atoms with E-state index in [-0.39, 0.29) is 5.41 Å². The predicted molar refractivity (Wildman–Crippen MR) is 65.0 cm³/mol. The minimum atomic E-state index is 0.242. The fraction of sp³-hybridized carbons (Fsp3) is 0.571. The van der Waals surface area contributed by atoms with E-state index in [9.17, 15) is 0 Å². The second kappa shape index (κ2) is 3.08. The maximum absolute atomic E-state index is 5.96. The molecule has 0 aliphatic heterocycles. The summed E-state index contributed by atoms with van der Waals surface area (Å²) in [6, 6.07) is 6.79. The molecule has 0 aromatic heterocycles. The van der Waals surface area contributed by atoms with Gasteiger partial charge in [0.15, 0.2) is 0 Å². The molecule has 1 aliphatic rings. The summed E-state index contributed by atoms with van der Waals surface area (Å²) in [5.74, 6) is 0. The zero-order valence-corrected chi connectivity index (χ0v) is 10.2. The molecule has 0 saturated heterocycles. The molecule has 0 amide bonds. The molecule has 1 aromatic carbocycles. The zero-order valence-electron chi connectivity index (χ0n) is 10.2. The summed E-state index contributed by atoms with van der Waals surface area (Å²) in [6.45, 7) is 9.73. The SMILES string of the molecule is Cc1ccc(C2(CN)CC2(C)C)cc1C. The average molecular weight is 203 g/mol. The monoisotopic (exact) mass is 203 g/mol. The molecule has 1 aliphatic carbocycles. The van der Waals surface area contributed by atoms with Gasteiger partial charge in [0.25, 0.3) is 0 Å². The van der Waals surface area contributed by atoms with Crippen LogP contribution >= 0.6 is 0 Å². The van der Waals surface area contributed by atoms with Crippen LogP contribution in [0.2, 0.25) is 0 Å². The van der Waals surface area contributed by atoms with Crippen LogP contribution < -0.4 is 5.73 Å². The summed E-state index contributed by atoms with van der Waals surface area (Å²) in [6.07, 6.45) is 1.22. The van der Waals surface area contributed by atoms with Crippen LogP contribution in [0, 0.1) is 19.3 Å². The smallest absolute Gasteiger partial charge is 0.0132 e. The van der Waals surface area contributed by atoms with Gasteiger partial charge in [0.2, 0.25) is 0 Å². The minimum absolute atomic E-state index is 0.242. The molecule has 1 heteroatoms. The molecule has 1 fully saturated rings. The Morgan fingerprint density at radius 1 is 1.20 bits per heavy atom. The van der Waals surface area contributed by atoms with Crippen LogP contribution in [0.3, 0.4) is 0 Å². The number of aryl methyl sites for hydroxylation is 2. The molecule has 15 heavy (non-hydrogen) atoms. The number of benzene rings is 1. The van der Waals surface area contributed by atoms with Crippen LogP contribution in [-0.4, -0.2) is 6.54 Å². The molecule has 2 rings (SSSR count). The molecule has 1 aromatic rings. The first-order valence-electron chi connectivity index (χ1n) is 5.71. The van der Waals surface area contributed by atoms with Gasteiger partial charge < -0.3 is 5.73 Å². The van der Waals surface area contributed by atoms with Crippen molar-refractivity contribution in [1.29, 1.82) is 0 Å². The normalized spacial score (nSPS) is 27.8. The van der Waals surface area contributed by atoms with E-state index < -0.39 is 0 Å². The fourth-order valence-corrected chi connectivity index (χ4v) is 2.71. The van der Waals surface area contributed by atoms with E-state index in [1.807, 2.05) is 0 Å². The van der Waals surface area contributed by atoms with Crippen LogP contribution in [0.25, 0.3) is 0 Å². The highest BCUT2D eigenvalue weighted by atomic mass is 14.7. The van der Waals surface area contributed by atoms with Gasteiger partial charge in [-0.3, -0.25) is 0 Å². The van der Waals surface area contributed by atoms with Gasteiger partial charge in [-0.2, -0.15) is 0 Å². The van der Waals surface area contributed by atoms with Crippen molar-refractivity contribution in [3.63, 3.8) is 0 Å². The van der Waals surface area contributed by atoms with E-state index in [4.69, 9.17) is 5.73 Å². The summed E-state index contributed by atoms with van der Waals surface area (Å²) in [5.41, 5.74) is 10.8. The van der Waals surface area contributed by atoms with E-state index >= 15 is 0 Å². The van der Waals surface area contributed by atoms with Gasteiger partial charge in [0.1, 0.15) is 0 Å². The van der Waals surface area contributed by atoms with Crippen molar-refractivity contribution in [2.45, 2.75) is 39.5 Å². The first-order chi connectivity index (χ1) is 6.93. The molecule has 82 valence electrons. The quantitative estimate of drug-likeness (QED) is 0.785. The van der Waals surface area contributed by atoms with E-state index in [0.29, 0.717) is 5.41 Å². The highest BCUT2D eigenvalue weighted by Gasteiger charge is 2.60. The van der Waals surface area contributed by atoms with Crippen LogP contribution in [-0.2, 0) is 5.41 Å². The second-order valence-corrected chi connectivity index (χ2v) is 5.65. The highest BCUT2D eigenvalue weighted by molar-refractivity contribution is 5.41. The molecule has 1 saturated carbocycles. The molecule has 1 nitrogen and oxygen atoms in total. The first kappa shape index (κ1) is 10.7. The summed E-state index contributed by atoms with van der Waals surface area (Å²) in [4.78, 5) is 0. The number of hydrogen-bond acceptors (Lipinski definition) is 1. The zero-order chi connectivity index (χ0) is 11.3. The Morgan fingerprint density at radius 3 is 2.20 bits per heavy atom. The molecular weight excluding hydrogens is 182 g/mol. The van der Waals surface area contributed by atoms with Crippen LogP contribution in [0.1, 0.15) is 37.0 Å². The van der Waals surface area contributed by atoms with Crippen molar-refractivity contribution < 1.29 is 0 Å². The Morgan fingerprint density at radius 2 is 1.80 bits per heavy atom. The van der Waals surface area contributed by atoms with Gasteiger partial charge in [0.05, 0.1) is 0 Å². The van der Waals surface area contributed by atoms with Gasteiger partial charge >= 0.3 is 0 Å². The van der Waals surface area contributed by atoms with Crippen molar-refractivity contribution >= 4 is 0 Å². The minimum Gasteiger partial charge on any atom is -0.330 e. The Hall–Kier alpha value is -0.820. The predicted octanol–water partition coefficient (Wildman–Crippen LogP) is 2.93. The van der Waals surface area contributed by atoms with Crippen molar-refractivity contribution in [3.05, 3.63) is 34.9 Å². The first-order valence-corrected chi connectivity index (χ1v) is 5.71. The lowest BCUT2D eigenvalue weighted by Gasteiger charge is -2.20. The summed E-state index contributed by atoms with van der Waals surface area (Å²) in [7, 11) is 0. The summed E-state index contributed by atoms with van der Waals surface area (Å²) in [5, 5.41) is 0. The van der Waals surface area contributed by atoms with Crippen LogP contribution in [0.5, 0.6) is 0 Å². The fourth-order valence-electron chi connectivity index (χ4n) is 2.71. The van der Waals surface area contributed by atoms with Crippen LogP contribution in [0.4, 0.5) is 0 Å². The maximum atomic E-state index is 5.96. The lowest BCUT2D eigenvalue weighted by atomic mass is 9.86. The molecule has 0 spiro atoms. The van der Waals surface area contributed by atoms with E-state index in [0.717, 1.165) is 6.54 Å². The third-order valence-electron chi connectivity index (χ3n) is 4.32. The van der Waals surface area contributed by atoms with Gasteiger partial charge in [-0.1, -0.05) is 32.0 Å². The molecule has 0 heterocycles. The van der Waals surface area contributed by atoms with E-state index in [1.54, 1.807) is 0 Å². The van der Waals surface area contributed by atoms with E-state index in [2.05, 4.69) is 45.9 Å². The molecule has 0 bridgehead atoms. The Labute approximate surface area is 92.7 Å². The van der Waals surface area contributed by atoms with Gasteiger partial charge in [0, 0.05) is 12.0 Å². The summed E-state index contributed by atoms with van der Waals surface area (Å²) >= 11 is 0. The van der Waals surface area contributed by atoms with Gasteiger partial charge in [-0.25, -0.2) is 0 Å². The van der Waals surface area contributed by atoms with Crippen molar-refractivity contribution in [2.75, 3.05) is 6.54 Å². The average Bonchev–Trinajstić information content (AvgIpc) is 2.75. The third-order valence-corrected chi connectivity index (χ3v) is 4.32. The molecule has 1 atom stereocenters. The Bertz CT molecular complexity index is 392. The largest absolute Gasteiger partial charge is 0.330 e. The van der Waals surface area contributed by atoms with Crippen molar-refractivity contribution in [2.24, 2.45) is 11.1 Å². The van der Waals surface area contributed by atoms with Crippen molar-refractivity contribution in [3.8, 4) is 0 Å². The lowest BCUT2D eigenvalue weighted by Crippen LogP contribution is -2.25. The standard InChI is InChI=1S/C14H21N/c1-10-5-6-12(7-11(10)2)14(9-15)8-13(14,3)4/h5-7H,8-9,15H2,1-4H3. The maximum Gasteiger partial charge on any atom is 0.0132 e. The molecule has 1 unspecified atom stereocenters. The van der Waals surface area contributed by atoms with Crippen LogP contribution in [0.15, 0.2) is 18.2 Å². The third kappa shape index (κ3) is 1.41. The molecular formula is C14H21N. The Balaban J connectivity index is 2.42. The summed E-state index contributed by atoms with van der Waals surface area (Å²) < 4.78 is 0. The highest BCUT2D eigenvalue weighted by Crippen LogP contribution is 2.63. The van der Waals surface area contributed by atoms with E-state index in [1.165, 1.54) is 23.1 Å². The number of rotatable bonds is 2. The molecule has 2 N–H and O–H groups in total. The topological polar surface area (TPSA) is 26.0 Å². The van der Waals surface area contributed by atoms with Gasteiger partial charge in [-0.05, 0) is 42.4 Å². The van der Waals surface area contributed by atoms with Crippen molar-refractivity contribution in [1.82, 2.24) is 0 Å². The second-order valence-electron chi connectivity index (χ2n) is 5.65. The lowest BCUT2D eigenvalue weighted by molar-refractivity contribution is 0.502.